The highest BCUT2D eigenvalue weighted by Crippen LogP contribution is 2.27. The minimum Gasteiger partial charge on any atom is -0.323 e. The van der Waals surface area contributed by atoms with Crippen LogP contribution in [0.3, 0.4) is 0 Å². The summed E-state index contributed by atoms with van der Waals surface area (Å²) in [5.74, 6) is -0.0581. The van der Waals surface area contributed by atoms with Gasteiger partial charge in [-0.3, -0.25) is 4.79 Å². The molecule has 126 valence electrons. The summed E-state index contributed by atoms with van der Waals surface area (Å²) < 4.78 is 0. The fourth-order valence-electron chi connectivity index (χ4n) is 2.09. The molecule has 0 aliphatic carbocycles. The van der Waals surface area contributed by atoms with E-state index in [1.165, 1.54) is 12.3 Å². The lowest BCUT2D eigenvalue weighted by Crippen LogP contribution is -2.14. The quantitative estimate of drug-likeness (QED) is 0.669. The molecule has 3 aromatic rings. The van der Waals surface area contributed by atoms with Crippen LogP contribution in [0.5, 0.6) is 0 Å². The Balaban J connectivity index is 1.76. The average Bonchev–Trinajstić information content (AvgIpc) is 2.60. The SMILES string of the molecule is Cc1ccc(NC(=O)c2ccnc(Nc3ccc(Cl)cc3Cl)n2)cc1. The lowest BCUT2D eigenvalue weighted by atomic mass is 10.2. The topological polar surface area (TPSA) is 66.9 Å². The molecule has 0 saturated carbocycles. The third-order valence-electron chi connectivity index (χ3n) is 3.38. The van der Waals surface area contributed by atoms with Crippen LogP contribution in [0.25, 0.3) is 0 Å². The van der Waals surface area contributed by atoms with E-state index in [0.29, 0.717) is 21.4 Å². The van der Waals surface area contributed by atoms with Crippen molar-refractivity contribution in [2.24, 2.45) is 0 Å². The van der Waals surface area contributed by atoms with Crippen LogP contribution in [0, 0.1) is 6.92 Å². The minimum absolute atomic E-state index is 0.239. The lowest BCUT2D eigenvalue weighted by Gasteiger charge is -2.09. The molecule has 25 heavy (non-hydrogen) atoms. The van der Waals surface area contributed by atoms with Gasteiger partial charge in [0.15, 0.2) is 0 Å². The van der Waals surface area contributed by atoms with Crippen molar-refractivity contribution in [1.82, 2.24) is 9.97 Å². The highest BCUT2D eigenvalue weighted by molar-refractivity contribution is 6.36. The molecule has 2 N–H and O–H groups in total. The number of hydrogen-bond donors (Lipinski definition) is 2. The van der Waals surface area contributed by atoms with Gasteiger partial charge < -0.3 is 10.6 Å². The summed E-state index contributed by atoms with van der Waals surface area (Å²) in [4.78, 5) is 20.7. The van der Waals surface area contributed by atoms with Crippen LogP contribution >= 0.6 is 23.2 Å². The summed E-state index contributed by atoms with van der Waals surface area (Å²) in [7, 11) is 0. The molecule has 0 radical (unpaired) electrons. The van der Waals surface area contributed by atoms with Gasteiger partial charge in [0.25, 0.3) is 5.91 Å². The Morgan fingerprint density at radius 2 is 1.80 bits per heavy atom. The second-order valence-corrected chi connectivity index (χ2v) is 6.18. The summed E-state index contributed by atoms with van der Waals surface area (Å²) in [6.07, 6.45) is 1.50. The van der Waals surface area contributed by atoms with E-state index in [9.17, 15) is 4.79 Å². The largest absolute Gasteiger partial charge is 0.323 e. The third kappa shape index (κ3) is 4.47. The summed E-state index contributed by atoms with van der Waals surface area (Å²) >= 11 is 12.0. The minimum atomic E-state index is -0.323. The third-order valence-corrected chi connectivity index (χ3v) is 3.92. The summed E-state index contributed by atoms with van der Waals surface area (Å²) in [6, 6.07) is 14.1. The van der Waals surface area contributed by atoms with Crippen LogP contribution in [0.2, 0.25) is 10.0 Å². The molecule has 0 bridgehead atoms. The van der Waals surface area contributed by atoms with Gasteiger partial charge in [0.1, 0.15) is 5.69 Å². The predicted octanol–water partition coefficient (Wildman–Crippen LogP) is 5.09. The van der Waals surface area contributed by atoms with Crippen molar-refractivity contribution in [1.29, 1.82) is 0 Å². The maximum atomic E-state index is 12.3. The molecule has 3 rings (SSSR count). The van der Waals surface area contributed by atoms with Crippen LogP contribution in [-0.4, -0.2) is 15.9 Å². The van der Waals surface area contributed by atoms with E-state index < -0.39 is 0 Å². The smallest absolute Gasteiger partial charge is 0.274 e. The molecule has 0 spiro atoms. The first-order valence-corrected chi connectivity index (χ1v) is 8.20. The van der Waals surface area contributed by atoms with Crippen molar-refractivity contribution in [3.63, 3.8) is 0 Å². The Hall–Kier alpha value is -2.63. The average molecular weight is 373 g/mol. The number of rotatable bonds is 4. The molecule has 0 atom stereocenters. The van der Waals surface area contributed by atoms with Crippen LogP contribution in [0.4, 0.5) is 17.3 Å². The first-order chi connectivity index (χ1) is 12.0. The van der Waals surface area contributed by atoms with Gasteiger partial charge in [-0.25, -0.2) is 9.97 Å². The first kappa shape index (κ1) is 17.2. The van der Waals surface area contributed by atoms with E-state index in [2.05, 4.69) is 20.6 Å². The second-order valence-electron chi connectivity index (χ2n) is 5.33. The van der Waals surface area contributed by atoms with E-state index in [1.807, 2.05) is 31.2 Å². The fourth-order valence-corrected chi connectivity index (χ4v) is 2.54. The van der Waals surface area contributed by atoms with Crippen molar-refractivity contribution >= 4 is 46.4 Å². The Bertz CT molecular complexity index is 913. The number of carbonyl (C=O) groups is 1. The molecule has 0 unspecified atom stereocenters. The molecule has 0 fully saturated rings. The van der Waals surface area contributed by atoms with Crippen LogP contribution in [0.1, 0.15) is 16.1 Å². The maximum Gasteiger partial charge on any atom is 0.274 e. The van der Waals surface area contributed by atoms with Gasteiger partial charge >= 0.3 is 0 Å². The highest BCUT2D eigenvalue weighted by Gasteiger charge is 2.10. The molecule has 0 aliphatic rings. The van der Waals surface area contributed by atoms with Gasteiger partial charge in [-0.2, -0.15) is 0 Å². The number of nitrogens with one attached hydrogen (secondary N) is 2. The number of nitrogens with zero attached hydrogens (tertiary/aromatic N) is 2. The Kier molecular flexibility index (Phi) is 5.16. The Morgan fingerprint density at radius 1 is 1.04 bits per heavy atom. The van der Waals surface area contributed by atoms with Crippen molar-refractivity contribution in [3.8, 4) is 0 Å². The van der Waals surface area contributed by atoms with E-state index in [4.69, 9.17) is 23.2 Å². The number of hydrogen-bond acceptors (Lipinski definition) is 4. The molecule has 1 aromatic heterocycles. The van der Waals surface area contributed by atoms with E-state index in [-0.39, 0.29) is 17.5 Å². The number of anilines is 3. The standard InChI is InChI=1S/C18H14Cl2N4O/c1-11-2-5-13(6-3-11)22-17(25)16-8-9-21-18(24-16)23-15-7-4-12(19)10-14(15)20/h2-10H,1H3,(H,22,25)(H,21,23,24). The Labute approximate surface area is 155 Å². The van der Waals surface area contributed by atoms with Gasteiger partial charge in [0, 0.05) is 16.9 Å². The zero-order valence-electron chi connectivity index (χ0n) is 13.3. The zero-order valence-corrected chi connectivity index (χ0v) is 14.8. The number of carbonyl (C=O) groups excluding carboxylic acids is 1. The number of halogens is 2. The first-order valence-electron chi connectivity index (χ1n) is 7.44. The van der Waals surface area contributed by atoms with E-state index >= 15 is 0 Å². The Morgan fingerprint density at radius 3 is 2.52 bits per heavy atom. The van der Waals surface area contributed by atoms with Gasteiger partial charge in [0.05, 0.1) is 10.7 Å². The summed E-state index contributed by atoms with van der Waals surface area (Å²) in [5.41, 5.74) is 2.65. The summed E-state index contributed by atoms with van der Waals surface area (Å²) in [5, 5.41) is 6.73. The van der Waals surface area contributed by atoms with Gasteiger partial charge in [-0.15, -0.1) is 0 Å². The van der Waals surface area contributed by atoms with Crippen molar-refractivity contribution in [3.05, 3.63) is 76.0 Å². The van der Waals surface area contributed by atoms with Crippen LogP contribution < -0.4 is 10.6 Å². The summed E-state index contributed by atoms with van der Waals surface area (Å²) in [6.45, 7) is 1.98. The number of aryl methyl sites for hydroxylation is 1. The maximum absolute atomic E-state index is 12.3. The molecule has 0 saturated heterocycles. The van der Waals surface area contributed by atoms with E-state index in [0.717, 1.165) is 5.56 Å². The lowest BCUT2D eigenvalue weighted by molar-refractivity contribution is 0.102. The zero-order chi connectivity index (χ0) is 17.8. The fraction of sp³-hybridized carbons (Fsp3) is 0.0556. The van der Waals surface area contributed by atoms with Crippen molar-refractivity contribution in [2.45, 2.75) is 6.92 Å². The monoisotopic (exact) mass is 372 g/mol. The molecule has 7 heteroatoms. The number of amides is 1. The molecule has 5 nitrogen and oxygen atoms in total. The molecular formula is C18H14Cl2N4O. The number of benzene rings is 2. The molecule has 1 heterocycles. The van der Waals surface area contributed by atoms with Gasteiger partial charge in [0.2, 0.25) is 5.95 Å². The van der Waals surface area contributed by atoms with Crippen LogP contribution in [-0.2, 0) is 0 Å². The molecule has 1 amide bonds. The van der Waals surface area contributed by atoms with Gasteiger partial charge in [-0.05, 0) is 43.3 Å². The second kappa shape index (κ2) is 7.51. The molecule has 0 aliphatic heterocycles. The predicted molar refractivity (Wildman–Crippen MR) is 101 cm³/mol. The van der Waals surface area contributed by atoms with Crippen molar-refractivity contribution < 1.29 is 4.79 Å². The van der Waals surface area contributed by atoms with Gasteiger partial charge in [-0.1, -0.05) is 40.9 Å². The van der Waals surface area contributed by atoms with E-state index in [1.54, 1.807) is 18.2 Å². The van der Waals surface area contributed by atoms with Crippen LogP contribution in [0.15, 0.2) is 54.7 Å². The van der Waals surface area contributed by atoms with Crippen molar-refractivity contribution in [2.75, 3.05) is 10.6 Å². The number of aromatic nitrogens is 2. The molecule has 2 aromatic carbocycles. The highest BCUT2D eigenvalue weighted by atomic mass is 35.5. The molecular weight excluding hydrogens is 359 g/mol. The normalized spacial score (nSPS) is 10.4.